The summed E-state index contributed by atoms with van der Waals surface area (Å²) in [5.74, 6) is 1.84. The molecule has 0 aromatic rings. The fourth-order valence-electron chi connectivity index (χ4n) is 5.94. The minimum Gasteiger partial charge on any atom is -0.478 e. The van der Waals surface area contributed by atoms with Crippen molar-refractivity contribution in [2.75, 3.05) is 11.5 Å². The molecule has 0 radical (unpaired) electrons. The van der Waals surface area contributed by atoms with E-state index in [4.69, 9.17) is 15.6 Å². The molecule has 5 aliphatic carbocycles. The molecule has 1 unspecified atom stereocenters. The van der Waals surface area contributed by atoms with Gasteiger partial charge in [0.2, 0.25) is 6.10 Å². The summed E-state index contributed by atoms with van der Waals surface area (Å²) in [6.07, 6.45) is 12.2. The topological polar surface area (TPSA) is 89.6 Å². The lowest BCUT2D eigenvalue weighted by Gasteiger charge is -2.55. The zero-order chi connectivity index (χ0) is 21.0. The molecule has 5 aliphatic rings. The largest absolute Gasteiger partial charge is 0.478 e. The second kappa shape index (κ2) is 10.3. The zero-order valence-corrected chi connectivity index (χ0v) is 19.3. The Morgan fingerprint density at radius 3 is 2.07 bits per heavy atom. The number of nitrogens with two attached hydrogens (primary N) is 1. The third-order valence-corrected chi connectivity index (χ3v) is 9.07. The third kappa shape index (κ3) is 6.54. The van der Waals surface area contributed by atoms with Crippen LogP contribution in [0.15, 0.2) is 0 Å². The fourth-order valence-corrected chi connectivity index (χ4v) is 7.42. The molecular weight excluding hydrogens is 406 g/mol. The van der Waals surface area contributed by atoms with Crippen LogP contribution in [0.3, 0.4) is 0 Å². The van der Waals surface area contributed by atoms with Gasteiger partial charge in [0.05, 0.1) is 5.92 Å². The van der Waals surface area contributed by atoms with E-state index in [1.54, 1.807) is 18.7 Å². The Morgan fingerprint density at radius 1 is 1.14 bits per heavy atom. The van der Waals surface area contributed by atoms with E-state index in [1.807, 2.05) is 0 Å². The smallest absolute Gasteiger partial charge is 0.345 e. The van der Waals surface area contributed by atoms with Gasteiger partial charge in [-0.1, -0.05) is 19.8 Å². The molecule has 0 aromatic heterocycles. The summed E-state index contributed by atoms with van der Waals surface area (Å²) in [5.41, 5.74) is 6.62. The zero-order valence-electron chi connectivity index (χ0n) is 17.6. The van der Waals surface area contributed by atoms with Crippen molar-refractivity contribution in [2.45, 2.75) is 88.0 Å². The SMILES string of the molecule is C[C@@H](CS)C(=O)OC(CSC1CCCC1)C(=O)O.NC12CC3CC(CC(C3)C1)C2. The van der Waals surface area contributed by atoms with Crippen LogP contribution >= 0.6 is 24.4 Å². The molecule has 29 heavy (non-hydrogen) atoms. The number of ether oxygens (including phenoxy) is 1. The molecule has 0 amide bonds. The molecule has 166 valence electrons. The van der Waals surface area contributed by atoms with Crippen molar-refractivity contribution in [3.8, 4) is 0 Å². The highest BCUT2D eigenvalue weighted by atomic mass is 32.2. The number of carboxylic acids is 1. The fraction of sp³-hybridized carbons (Fsp3) is 0.909. The van der Waals surface area contributed by atoms with Crippen LogP contribution in [0.1, 0.15) is 71.1 Å². The molecule has 7 heteroatoms. The van der Waals surface area contributed by atoms with Gasteiger partial charge in [-0.25, -0.2) is 4.79 Å². The van der Waals surface area contributed by atoms with E-state index in [1.165, 1.54) is 51.4 Å². The summed E-state index contributed by atoms with van der Waals surface area (Å²) in [7, 11) is 0. The minimum absolute atomic E-state index is 0.300. The molecule has 3 N–H and O–H groups in total. The van der Waals surface area contributed by atoms with Crippen molar-refractivity contribution in [3.63, 3.8) is 0 Å². The molecule has 2 atom stereocenters. The summed E-state index contributed by atoms with van der Waals surface area (Å²) in [6.45, 7) is 1.68. The van der Waals surface area contributed by atoms with Crippen LogP contribution in [-0.2, 0) is 14.3 Å². The molecule has 5 rings (SSSR count). The number of hydrogen-bond donors (Lipinski definition) is 3. The molecule has 0 aromatic carbocycles. The van der Waals surface area contributed by atoms with Crippen LogP contribution < -0.4 is 5.73 Å². The van der Waals surface area contributed by atoms with Gasteiger partial charge in [0.15, 0.2) is 0 Å². The van der Waals surface area contributed by atoms with Crippen molar-refractivity contribution in [1.29, 1.82) is 0 Å². The number of carboxylic acid groups (broad SMARTS) is 1. The van der Waals surface area contributed by atoms with Gasteiger partial charge in [0.1, 0.15) is 0 Å². The van der Waals surface area contributed by atoms with Crippen LogP contribution in [0.2, 0.25) is 0 Å². The maximum atomic E-state index is 11.5. The van der Waals surface area contributed by atoms with Crippen molar-refractivity contribution >= 4 is 36.3 Å². The highest BCUT2D eigenvalue weighted by Crippen LogP contribution is 2.54. The maximum Gasteiger partial charge on any atom is 0.345 e. The van der Waals surface area contributed by atoms with Crippen molar-refractivity contribution in [1.82, 2.24) is 0 Å². The number of thioether (sulfide) groups is 1. The van der Waals surface area contributed by atoms with Gasteiger partial charge < -0.3 is 15.6 Å². The maximum absolute atomic E-state index is 11.5. The first-order chi connectivity index (χ1) is 13.8. The molecule has 5 saturated carbocycles. The van der Waals surface area contributed by atoms with Crippen LogP contribution in [0.5, 0.6) is 0 Å². The summed E-state index contributed by atoms with van der Waals surface area (Å²) in [5, 5.41) is 9.56. The van der Waals surface area contributed by atoms with Gasteiger partial charge in [0, 0.05) is 22.3 Å². The number of aliphatic carboxylic acids is 1. The van der Waals surface area contributed by atoms with Crippen LogP contribution in [0.25, 0.3) is 0 Å². The number of rotatable bonds is 7. The van der Waals surface area contributed by atoms with Crippen molar-refractivity contribution in [2.24, 2.45) is 29.4 Å². The molecular formula is C22H37NO4S2. The van der Waals surface area contributed by atoms with Gasteiger partial charge in [-0.3, -0.25) is 4.79 Å². The molecule has 0 heterocycles. The van der Waals surface area contributed by atoms with Gasteiger partial charge in [-0.05, 0) is 69.1 Å². The number of hydrogen-bond acceptors (Lipinski definition) is 6. The second-order valence-electron chi connectivity index (χ2n) is 9.87. The minimum atomic E-state index is -1.07. The standard InChI is InChI=1S/C12H20O4S2.C10H17N/c1-8(6-17)12(15)16-10(11(13)14)7-18-9-4-2-3-5-9;11-10-4-7-1-8(5-10)3-9(2-7)6-10/h8-10,17H,2-7H2,1H3,(H,13,14);7-9H,1-6,11H2/t8-,10?;/m0./s1. The summed E-state index contributed by atoms with van der Waals surface area (Å²) < 4.78 is 5.02. The second-order valence-corrected chi connectivity index (χ2v) is 11.6. The number of carbonyl (C=O) groups is 2. The van der Waals surface area contributed by atoms with E-state index in [0.29, 0.717) is 22.3 Å². The summed E-state index contributed by atoms with van der Waals surface area (Å²) >= 11 is 5.60. The first-order valence-corrected chi connectivity index (χ1v) is 12.9. The molecule has 5 nitrogen and oxygen atoms in total. The van der Waals surface area contributed by atoms with Crippen molar-refractivity contribution in [3.05, 3.63) is 0 Å². The predicted octanol–water partition coefficient (Wildman–Crippen LogP) is 4.14. The lowest BCUT2D eigenvalue weighted by molar-refractivity contribution is -0.164. The number of carbonyl (C=O) groups excluding carboxylic acids is 1. The van der Waals surface area contributed by atoms with E-state index in [-0.39, 0.29) is 5.92 Å². The molecule has 5 fully saturated rings. The Morgan fingerprint density at radius 2 is 1.66 bits per heavy atom. The van der Waals surface area contributed by atoms with Gasteiger partial charge in [-0.2, -0.15) is 24.4 Å². The lowest BCUT2D eigenvalue weighted by Crippen LogP contribution is -2.55. The predicted molar refractivity (Wildman–Crippen MR) is 120 cm³/mol. The highest BCUT2D eigenvalue weighted by Gasteiger charge is 2.48. The molecule has 0 spiro atoms. The van der Waals surface area contributed by atoms with E-state index >= 15 is 0 Å². The molecule has 0 saturated heterocycles. The number of thiol groups is 1. The summed E-state index contributed by atoms with van der Waals surface area (Å²) in [6, 6.07) is 0. The third-order valence-electron chi connectivity index (χ3n) is 7.08. The average Bonchev–Trinajstić information content (AvgIpc) is 3.16. The van der Waals surface area contributed by atoms with Gasteiger partial charge >= 0.3 is 11.9 Å². The van der Waals surface area contributed by atoms with Gasteiger partial charge in [-0.15, -0.1) is 0 Å². The summed E-state index contributed by atoms with van der Waals surface area (Å²) in [4.78, 5) is 22.6. The van der Waals surface area contributed by atoms with Crippen LogP contribution in [-0.4, -0.2) is 45.4 Å². The first kappa shape index (κ1) is 23.3. The molecule has 0 aliphatic heterocycles. The Labute approximate surface area is 184 Å². The van der Waals surface area contributed by atoms with Gasteiger partial charge in [0.25, 0.3) is 0 Å². The van der Waals surface area contributed by atoms with Crippen LogP contribution in [0.4, 0.5) is 0 Å². The Balaban J connectivity index is 0.000000183. The quantitative estimate of drug-likeness (QED) is 0.405. The van der Waals surface area contributed by atoms with E-state index in [2.05, 4.69) is 12.6 Å². The van der Waals surface area contributed by atoms with E-state index in [0.717, 1.165) is 30.6 Å². The first-order valence-electron chi connectivity index (χ1n) is 11.2. The number of esters is 1. The lowest BCUT2D eigenvalue weighted by atomic mass is 9.53. The van der Waals surface area contributed by atoms with E-state index in [9.17, 15) is 9.59 Å². The highest BCUT2D eigenvalue weighted by molar-refractivity contribution is 8.00. The Kier molecular flexibility index (Phi) is 8.24. The Bertz CT molecular complexity index is 544. The average molecular weight is 444 g/mol. The normalized spacial score (nSPS) is 34.9. The molecule has 4 bridgehead atoms. The van der Waals surface area contributed by atoms with E-state index < -0.39 is 18.0 Å². The van der Waals surface area contributed by atoms with Crippen LogP contribution in [0, 0.1) is 23.7 Å². The monoisotopic (exact) mass is 443 g/mol. The Hall–Kier alpha value is -0.400. The van der Waals surface area contributed by atoms with Crippen molar-refractivity contribution < 1.29 is 19.4 Å².